The Morgan fingerprint density at radius 1 is 0.857 bits per heavy atom. The summed E-state index contributed by atoms with van der Waals surface area (Å²) in [5.41, 5.74) is 0. The Morgan fingerprint density at radius 3 is 1.50 bits per heavy atom. The first-order valence-electron chi connectivity index (χ1n) is 4.43. The fourth-order valence-electron chi connectivity index (χ4n) is 0.952. The molecule has 0 aromatic heterocycles. The van der Waals surface area contributed by atoms with Crippen molar-refractivity contribution in [1.82, 2.24) is 0 Å². The zero-order chi connectivity index (χ0) is 10.1. The van der Waals surface area contributed by atoms with E-state index in [0.717, 1.165) is 19.3 Å². The van der Waals surface area contributed by atoms with Gasteiger partial charge in [-0.15, -0.1) is 12.4 Å². The molecule has 0 radical (unpaired) electrons. The van der Waals surface area contributed by atoms with Crippen LogP contribution in [0.25, 0.3) is 0 Å². The summed E-state index contributed by atoms with van der Waals surface area (Å²) >= 11 is 0. The molecular weight excluding hydrogens is 204 g/mol. The van der Waals surface area contributed by atoms with Gasteiger partial charge in [0.25, 0.3) is 0 Å². The SMILES string of the molecule is COC(=N)CCCCCC(=N)OC.Cl. The Morgan fingerprint density at radius 2 is 1.21 bits per heavy atom. The van der Waals surface area contributed by atoms with Crippen LogP contribution in [0.4, 0.5) is 0 Å². The van der Waals surface area contributed by atoms with E-state index in [4.69, 9.17) is 20.3 Å². The summed E-state index contributed by atoms with van der Waals surface area (Å²) in [6.45, 7) is 0. The molecule has 0 fully saturated rings. The molecule has 0 aliphatic rings. The van der Waals surface area contributed by atoms with Crippen molar-refractivity contribution in [3.05, 3.63) is 0 Å². The van der Waals surface area contributed by atoms with E-state index in [1.807, 2.05) is 0 Å². The van der Waals surface area contributed by atoms with Crippen LogP contribution >= 0.6 is 12.4 Å². The van der Waals surface area contributed by atoms with Crippen molar-refractivity contribution in [2.24, 2.45) is 0 Å². The van der Waals surface area contributed by atoms with E-state index in [1.165, 1.54) is 14.2 Å². The van der Waals surface area contributed by atoms with E-state index in [0.29, 0.717) is 24.6 Å². The zero-order valence-electron chi connectivity index (χ0n) is 8.76. The van der Waals surface area contributed by atoms with Gasteiger partial charge in [-0.05, 0) is 12.8 Å². The van der Waals surface area contributed by atoms with Gasteiger partial charge in [0, 0.05) is 12.8 Å². The van der Waals surface area contributed by atoms with Gasteiger partial charge < -0.3 is 9.47 Å². The summed E-state index contributed by atoms with van der Waals surface area (Å²) in [5.74, 6) is 0.670. The molecule has 5 heteroatoms. The number of ether oxygens (including phenoxy) is 2. The van der Waals surface area contributed by atoms with Crippen LogP contribution in [-0.2, 0) is 9.47 Å². The van der Waals surface area contributed by atoms with Crippen LogP contribution in [0.5, 0.6) is 0 Å². The van der Waals surface area contributed by atoms with E-state index < -0.39 is 0 Å². The van der Waals surface area contributed by atoms with Crippen LogP contribution in [0.2, 0.25) is 0 Å². The lowest BCUT2D eigenvalue weighted by Gasteiger charge is -2.03. The maximum atomic E-state index is 7.20. The minimum atomic E-state index is 0. The summed E-state index contributed by atoms with van der Waals surface area (Å²) in [6, 6.07) is 0. The molecule has 0 amide bonds. The highest BCUT2D eigenvalue weighted by atomic mass is 35.5. The Bertz CT molecular complexity index is 156. The third-order valence-corrected chi connectivity index (χ3v) is 1.80. The molecule has 14 heavy (non-hydrogen) atoms. The molecule has 0 atom stereocenters. The monoisotopic (exact) mass is 222 g/mol. The molecule has 0 unspecified atom stereocenters. The predicted molar refractivity (Wildman–Crippen MR) is 59.8 cm³/mol. The number of halogens is 1. The Labute approximate surface area is 91.4 Å². The fraction of sp³-hybridized carbons (Fsp3) is 0.778. The molecule has 4 nitrogen and oxygen atoms in total. The summed E-state index contributed by atoms with van der Waals surface area (Å²) in [6.07, 6.45) is 4.29. The molecular formula is C9H19ClN2O2. The Kier molecular flexibility index (Phi) is 11.6. The van der Waals surface area contributed by atoms with Gasteiger partial charge in [-0.2, -0.15) is 0 Å². The molecule has 0 bridgehead atoms. The number of nitrogens with one attached hydrogen (secondary N) is 2. The van der Waals surface area contributed by atoms with E-state index in [-0.39, 0.29) is 12.4 Å². The lowest BCUT2D eigenvalue weighted by atomic mass is 10.1. The largest absolute Gasteiger partial charge is 0.484 e. The highest BCUT2D eigenvalue weighted by Gasteiger charge is 1.97. The third kappa shape index (κ3) is 9.32. The second kappa shape index (κ2) is 10.3. The quantitative estimate of drug-likeness (QED) is 0.412. The van der Waals surface area contributed by atoms with Crippen molar-refractivity contribution < 1.29 is 9.47 Å². The van der Waals surface area contributed by atoms with Gasteiger partial charge in [0.2, 0.25) is 0 Å². The number of methoxy groups -OCH3 is 2. The van der Waals surface area contributed by atoms with Crippen molar-refractivity contribution in [2.45, 2.75) is 32.1 Å². The smallest absolute Gasteiger partial charge is 0.180 e. The molecule has 0 aliphatic carbocycles. The van der Waals surface area contributed by atoms with Gasteiger partial charge in [-0.25, -0.2) is 0 Å². The van der Waals surface area contributed by atoms with Crippen LogP contribution in [0.15, 0.2) is 0 Å². The average molecular weight is 223 g/mol. The maximum absolute atomic E-state index is 7.20. The van der Waals surface area contributed by atoms with E-state index in [1.54, 1.807) is 0 Å². The normalized spacial score (nSPS) is 8.71. The number of rotatable bonds is 6. The fourth-order valence-corrected chi connectivity index (χ4v) is 0.952. The summed E-state index contributed by atoms with van der Waals surface area (Å²) in [4.78, 5) is 0. The lowest BCUT2D eigenvalue weighted by Crippen LogP contribution is -2.00. The van der Waals surface area contributed by atoms with Crippen LogP contribution in [0.1, 0.15) is 32.1 Å². The molecule has 0 aromatic rings. The van der Waals surface area contributed by atoms with Crippen LogP contribution in [-0.4, -0.2) is 26.0 Å². The van der Waals surface area contributed by atoms with E-state index in [2.05, 4.69) is 0 Å². The molecule has 0 saturated carbocycles. The predicted octanol–water partition coefficient (Wildman–Crippen LogP) is 2.61. The number of unbranched alkanes of at least 4 members (excludes halogenated alkanes) is 2. The van der Waals surface area contributed by atoms with Crippen molar-refractivity contribution in [2.75, 3.05) is 14.2 Å². The average Bonchev–Trinajstić information content (AvgIpc) is 2.16. The zero-order valence-corrected chi connectivity index (χ0v) is 9.58. The standard InChI is InChI=1S/C9H18N2O2.ClH/c1-12-8(10)6-4-3-5-7-9(11)13-2;/h10-11H,3-7H2,1-2H3;1H. The van der Waals surface area contributed by atoms with Gasteiger partial charge in [0.1, 0.15) is 0 Å². The summed E-state index contributed by atoms with van der Waals surface area (Å²) < 4.78 is 9.43. The first-order chi connectivity index (χ1) is 6.20. The lowest BCUT2D eigenvalue weighted by molar-refractivity contribution is 0.378. The first kappa shape index (κ1) is 15.7. The van der Waals surface area contributed by atoms with Crippen molar-refractivity contribution in [1.29, 1.82) is 10.8 Å². The molecule has 0 rings (SSSR count). The van der Waals surface area contributed by atoms with Gasteiger partial charge in [-0.1, -0.05) is 6.42 Å². The number of hydrogen-bond donors (Lipinski definition) is 2. The molecule has 84 valence electrons. The van der Waals surface area contributed by atoms with Crippen molar-refractivity contribution >= 4 is 24.2 Å². The molecule has 2 N–H and O–H groups in total. The van der Waals surface area contributed by atoms with Gasteiger partial charge in [-0.3, -0.25) is 10.8 Å². The molecule has 0 spiro atoms. The van der Waals surface area contributed by atoms with E-state index in [9.17, 15) is 0 Å². The van der Waals surface area contributed by atoms with Crippen LogP contribution in [0, 0.1) is 10.8 Å². The summed E-state index contributed by atoms with van der Waals surface area (Å²) in [7, 11) is 3.03. The van der Waals surface area contributed by atoms with Crippen LogP contribution < -0.4 is 0 Å². The van der Waals surface area contributed by atoms with Gasteiger partial charge >= 0.3 is 0 Å². The second-order valence-electron chi connectivity index (χ2n) is 2.82. The molecule has 0 aromatic carbocycles. The number of hydrogen-bond acceptors (Lipinski definition) is 4. The Hall–Kier alpha value is -0.770. The minimum Gasteiger partial charge on any atom is -0.484 e. The van der Waals surface area contributed by atoms with E-state index >= 15 is 0 Å². The highest BCUT2D eigenvalue weighted by molar-refractivity contribution is 5.85. The Balaban J connectivity index is 0. The highest BCUT2D eigenvalue weighted by Crippen LogP contribution is 2.04. The van der Waals surface area contributed by atoms with Crippen molar-refractivity contribution in [3.8, 4) is 0 Å². The third-order valence-electron chi connectivity index (χ3n) is 1.80. The second-order valence-corrected chi connectivity index (χ2v) is 2.82. The first-order valence-corrected chi connectivity index (χ1v) is 4.43. The van der Waals surface area contributed by atoms with Gasteiger partial charge in [0.05, 0.1) is 14.2 Å². The summed E-state index contributed by atoms with van der Waals surface area (Å²) in [5, 5.41) is 14.4. The molecule has 0 aliphatic heterocycles. The van der Waals surface area contributed by atoms with Gasteiger partial charge in [0.15, 0.2) is 11.8 Å². The topological polar surface area (TPSA) is 66.2 Å². The molecule has 0 saturated heterocycles. The molecule has 0 heterocycles. The van der Waals surface area contributed by atoms with Crippen molar-refractivity contribution in [3.63, 3.8) is 0 Å². The minimum absolute atomic E-state index is 0. The van der Waals surface area contributed by atoms with Crippen LogP contribution in [0.3, 0.4) is 0 Å². The maximum Gasteiger partial charge on any atom is 0.180 e.